The molecule has 1 aliphatic carbocycles. The fraction of sp³-hybridized carbons (Fsp3) is 0.750. The van der Waals surface area contributed by atoms with E-state index in [2.05, 4.69) is 17.2 Å². The lowest BCUT2D eigenvalue weighted by Crippen LogP contribution is -2.60. The number of hydrogen-bond donors (Lipinski definition) is 1. The number of ether oxygens (including phenoxy) is 2. The van der Waals surface area contributed by atoms with Crippen LogP contribution in [0.2, 0.25) is 0 Å². The van der Waals surface area contributed by atoms with E-state index in [1.54, 1.807) is 18.4 Å². The average Bonchev–Trinajstić information content (AvgIpc) is 2.81. The molecule has 1 fully saturated rings. The Labute approximate surface area is 106 Å². The molecule has 1 heterocycles. The first kappa shape index (κ1) is 13.0. The van der Waals surface area contributed by atoms with E-state index in [4.69, 9.17) is 9.47 Å². The van der Waals surface area contributed by atoms with Crippen molar-refractivity contribution in [2.45, 2.75) is 44.6 Å². The Morgan fingerprint density at radius 1 is 1.65 bits per heavy atom. The Morgan fingerprint density at radius 3 is 3.06 bits per heavy atom. The molecule has 0 bridgehead atoms. The second kappa shape index (κ2) is 5.91. The second-order valence-electron chi connectivity index (χ2n) is 4.30. The van der Waals surface area contributed by atoms with Gasteiger partial charge in [-0.05, 0) is 20.3 Å². The lowest BCUT2D eigenvalue weighted by atomic mass is 9.84. The van der Waals surface area contributed by atoms with Crippen LogP contribution in [-0.4, -0.2) is 37.0 Å². The van der Waals surface area contributed by atoms with Gasteiger partial charge in [-0.25, -0.2) is 4.98 Å². The quantitative estimate of drug-likeness (QED) is 0.845. The molecule has 0 amide bonds. The summed E-state index contributed by atoms with van der Waals surface area (Å²) in [7, 11) is 1.75. The van der Waals surface area contributed by atoms with Gasteiger partial charge in [0.15, 0.2) is 0 Å². The van der Waals surface area contributed by atoms with Gasteiger partial charge in [0.2, 0.25) is 0 Å². The third-order valence-corrected chi connectivity index (χ3v) is 4.15. The fourth-order valence-corrected chi connectivity index (χ4v) is 2.93. The number of methoxy groups -OCH3 is 1. The molecule has 4 unspecified atom stereocenters. The summed E-state index contributed by atoms with van der Waals surface area (Å²) in [4.78, 5) is 4.32. The molecule has 0 spiro atoms. The molecular formula is C12H20N2O2S. The van der Waals surface area contributed by atoms with Crippen LogP contribution in [-0.2, 0) is 9.47 Å². The van der Waals surface area contributed by atoms with Crippen molar-refractivity contribution in [1.82, 2.24) is 10.3 Å². The maximum atomic E-state index is 5.61. The average molecular weight is 256 g/mol. The van der Waals surface area contributed by atoms with Crippen LogP contribution in [0.5, 0.6) is 0 Å². The number of thiazole rings is 1. The van der Waals surface area contributed by atoms with Crippen molar-refractivity contribution in [1.29, 1.82) is 0 Å². The Balaban J connectivity index is 1.84. The Hall–Kier alpha value is -0.490. The van der Waals surface area contributed by atoms with E-state index < -0.39 is 0 Å². The van der Waals surface area contributed by atoms with Crippen molar-refractivity contribution in [2.75, 3.05) is 13.7 Å². The zero-order valence-corrected chi connectivity index (χ0v) is 11.4. The summed E-state index contributed by atoms with van der Waals surface area (Å²) in [6.45, 7) is 4.91. The summed E-state index contributed by atoms with van der Waals surface area (Å²) in [5.41, 5.74) is 0. The highest BCUT2D eigenvalue weighted by Crippen LogP contribution is 2.29. The van der Waals surface area contributed by atoms with Gasteiger partial charge in [0.25, 0.3) is 0 Å². The van der Waals surface area contributed by atoms with E-state index in [1.807, 2.05) is 18.5 Å². The first-order chi connectivity index (χ1) is 8.26. The zero-order valence-electron chi connectivity index (χ0n) is 10.6. The van der Waals surface area contributed by atoms with Crippen molar-refractivity contribution in [2.24, 2.45) is 0 Å². The van der Waals surface area contributed by atoms with Crippen molar-refractivity contribution in [3.8, 4) is 0 Å². The Kier molecular flexibility index (Phi) is 4.50. The SMILES string of the molecule is CCOC1CC(NC(C)c2nccs2)C1OC. The predicted molar refractivity (Wildman–Crippen MR) is 68.3 cm³/mol. The van der Waals surface area contributed by atoms with Crippen LogP contribution in [0.3, 0.4) is 0 Å². The van der Waals surface area contributed by atoms with Crippen LogP contribution in [0.4, 0.5) is 0 Å². The Bertz CT molecular complexity index is 331. The number of rotatable bonds is 6. The minimum Gasteiger partial charge on any atom is -0.377 e. The molecule has 96 valence electrons. The molecule has 17 heavy (non-hydrogen) atoms. The summed E-state index contributed by atoms with van der Waals surface area (Å²) < 4.78 is 11.1. The van der Waals surface area contributed by atoms with Crippen molar-refractivity contribution in [3.63, 3.8) is 0 Å². The summed E-state index contributed by atoms with van der Waals surface area (Å²) >= 11 is 1.68. The van der Waals surface area contributed by atoms with Gasteiger partial charge in [-0.1, -0.05) is 0 Å². The first-order valence-corrected chi connectivity index (χ1v) is 6.94. The van der Waals surface area contributed by atoms with Gasteiger partial charge in [-0.2, -0.15) is 0 Å². The predicted octanol–water partition coefficient (Wildman–Crippen LogP) is 1.99. The smallest absolute Gasteiger partial charge is 0.109 e. The first-order valence-electron chi connectivity index (χ1n) is 6.06. The highest BCUT2D eigenvalue weighted by Gasteiger charge is 2.42. The monoisotopic (exact) mass is 256 g/mol. The van der Waals surface area contributed by atoms with Crippen LogP contribution >= 0.6 is 11.3 Å². The van der Waals surface area contributed by atoms with Crippen LogP contribution < -0.4 is 5.32 Å². The van der Waals surface area contributed by atoms with Crippen molar-refractivity contribution >= 4 is 11.3 Å². The van der Waals surface area contributed by atoms with E-state index in [1.165, 1.54) is 0 Å². The molecule has 0 saturated heterocycles. The number of nitrogens with one attached hydrogen (secondary N) is 1. The van der Waals surface area contributed by atoms with E-state index in [0.717, 1.165) is 18.0 Å². The van der Waals surface area contributed by atoms with Gasteiger partial charge < -0.3 is 14.8 Å². The molecule has 0 radical (unpaired) electrons. The molecule has 0 aliphatic heterocycles. The minimum atomic E-state index is 0.164. The van der Waals surface area contributed by atoms with Gasteiger partial charge in [0, 0.05) is 31.3 Å². The molecule has 1 saturated carbocycles. The molecule has 4 atom stereocenters. The molecule has 1 aromatic heterocycles. The molecule has 1 aliphatic rings. The lowest BCUT2D eigenvalue weighted by molar-refractivity contribution is -0.133. The van der Waals surface area contributed by atoms with Crippen LogP contribution in [0.1, 0.15) is 31.3 Å². The standard InChI is InChI=1S/C12H20N2O2S/c1-4-16-10-7-9(11(10)15-3)14-8(2)12-13-5-6-17-12/h5-6,8-11,14H,4,7H2,1-3H3. The van der Waals surface area contributed by atoms with E-state index >= 15 is 0 Å². The maximum Gasteiger partial charge on any atom is 0.109 e. The van der Waals surface area contributed by atoms with E-state index in [9.17, 15) is 0 Å². The molecule has 1 N–H and O–H groups in total. The van der Waals surface area contributed by atoms with Gasteiger partial charge in [0.05, 0.1) is 18.2 Å². The third kappa shape index (κ3) is 2.85. The van der Waals surface area contributed by atoms with E-state index in [0.29, 0.717) is 6.04 Å². The van der Waals surface area contributed by atoms with Gasteiger partial charge in [-0.3, -0.25) is 0 Å². The van der Waals surface area contributed by atoms with Gasteiger partial charge in [0.1, 0.15) is 5.01 Å². The van der Waals surface area contributed by atoms with Crippen LogP contribution in [0.25, 0.3) is 0 Å². The number of aromatic nitrogens is 1. The van der Waals surface area contributed by atoms with E-state index in [-0.39, 0.29) is 18.2 Å². The summed E-state index contributed by atoms with van der Waals surface area (Å²) in [5.74, 6) is 0. The minimum absolute atomic E-state index is 0.164. The second-order valence-corrected chi connectivity index (χ2v) is 5.22. The summed E-state index contributed by atoms with van der Waals surface area (Å²) in [6.07, 6.45) is 3.26. The molecular weight excluding hydrogens is 236 g/mol. The largest absolute Gasteiger partial charge is 0.377 e. The van der Waals surface area contributed by atoms with Gasteiger partial charge in [-0.15, -0.1) is 11.3 Å². The van der Waals surface area contributed by atoms with Crippen molar-refractivity contribution < 1.29 is 9.47 Å². The third-order valence-electron chi connectivity index (χ3n) is 3.19. The number of hydrogen-bond acceptors (Lipinski definition) is 5. The number of nitrogens with zero attached hydrogens (tertiary/aromatic N) is 1. The van der Waals surface area contributed by atoms with Gasteiger partial charge >= 0.3 is 0 Å². The topological polar surface area (TPSA) is 43.4 Å². The Morgan fingerprint density at radius 2 is 2.47 bits per heavy atom. The summed E-state index contributed by atoms with van der Waals surface area (Å²) in [6, 6.07) is 0.649. The molecule has 5 heteroatoms. The van der Waals surface area contributed by atoms with Crippen molar-refractivity contribution in [3.05, 3.63) is 16.6 Å². The normalized spacial score (nSPS) is 29.9. The highest BCUT2D eigenvalue weighted by molar-refractivity contribution is 7.09. The summed E-state index contributed by atoms with van der Waals surface area (Å²) in [5, 5.41) is 6.68. The highest BCUT2D eigenvalue weighted by atomic mass is 32.1. The molecule has 4 nitrogen and oxygen atoms in total. The van der Waals surface area contributed by atoms with Crippen LogP contribution in [0.15, 0.2) is 11.6 Å². The molecule has 0 aromatic carbocycles. The molecule has 2 rings (SSSR count). The maximum absolute atomic E-state index is 5.61. The molecule has 1 aromatic rings. The zero-order chi connectivity index (χ0) is 12.3. The van der Waals surface area contributed by atoms with Crippen LogP contribution in [0, 0.1) is 0 Å². The lowest BCUT2D eigenvalue weighted by Gasteiger charge is -2.44. The fourth-order valence-electron chi connectivity index (χ4n) is 2.28.